The zero-order valence-corrected chi connectivity index (χ0v) is 10.0. The first-order chi connectivity index (χ1) is 8.31. The quantitative estimate of drug-likeness (QED) is 0.827. The number of carbonyl (C=O) groups excluding carboxylic acids is 1. The van der Waals surface area contributed by atoms with Gasteiger partial charge in [0.15, 0.2) is 0 Å². The highest BCUT2D eigenvalue weighted by Crippen LogP contribution is 2.30. The Hall–Kier alpha value is -1.55. The Balaban J connectivity index is 2.14. The third-order valence-corrected chi connectivity index (χ3v) is 2.86. The van der Waals surface area contributed by atoms with Gasteiger partial charge in [-0.3, -0.25) is 4.79 Å². The van der Waals surface area contributed by atoms with Gasteiger partial charge < -0.3 is 15.4 Å². The van der Waals surface area contributed by atoms with Crippen molar-refractivity contribution in [2.24, 2.45) is 0 Å². The Kier molecular flexibility index (Phi) is 3.98. The second-order valence-corrected chi connectivity index (χ2v) is 4.18. The first-order valence-corrected chi connectivity index (χ1v) is 5.97. The Bertz CT molecular complexity index is 393. The molecule has 1 atom stereocenters. The molecule has 1 aliphatic heterocycles. The van der Waals surface area contributed by atoms with Crippen molar-refractivity contribution in [1.82, 2.24) is 10.6 Å². The van der Waals surface area contributed by atoms with Crippen LogP contribution >= 0.6 is 0 Å². The third kappa shape index (κ3) is 2.97. The summed E-state index contributed by atoms with van der Waals surface area (Å²) < 4.78 is 5.65. The maximum absolute atomic E-state index is 11.6. The molecule has 0 spiro atoms. The van der Waals surface area contributed by atoms with Gasteiger partial charge in [-0.2, -0.15) is 0 Å². The molecule has 0 aromatic heterocycles. The van der Waals surface area contributed by atoms with Crippen LogP contribution in [0.3, 0.4) is 0 Å². The molecule has 2 N–H and O–H groups in total. The first-order valence-electron chi connectivity index (χ1n) is 5.97. The minimum Gasteiger partial charge on any atom is -0.493 e. The lowest BCUT2D eigenvalue weighted by molar-refractivity contribution is -0.120. The molecule has 1 unspecified atom stereocenters. The molecule has 1 aromatic rings. The van der Waals surface area contributed by atoms with Gasteiger partial charge in [0.1, 0.15) is 5.75 Å². The van der Waals surface area contributed by atoms with Crippen LogP contribution in [0.4, 0.5) is 0 Å². The van der Waals surface area contributed by atoms with Crippen LogP contribution in [0.2, 0.25) is 0 Å². The lowest BCUT2D eigenvalue weighted by Crippen LogP contribution is -2.34. The number of carbonyl (C=O) groups is 1. The maximum atomic E-state index is 11.6. The van der Waals surface area contributed by atoms with Crippen molar-refractivity contribution in [3.8, 4) is 5.75 Å². The van der Waals surface area contributed by atoms with Gasteiger partial charge >= 0.3 is 0 Å². The lowest BCUT2D eigenvalue weighted by atomic mass is 10.0. The summed E-state index contributed by atoms with van der Waals surface area (Å²) in [6.07, 6.45) is 1.88. The summed E-state index contributed by atoms with van der Waals surface area (Å²) in [7, 11) is 1.77. The third-order valence-electron chi connectivity index (χ3n) is 2.86. The molecule has 0 fully saturated rings. The Morgan fingerprint density at radius 3 is 3.12 bits per heavy atom. The van der Waals surface area contributed by atoms with Gasteiger partial charge in [0.05, 0.1) is 19.2 Å². The molecule has 17 heavy (non-hydrogen) atoms. The molecule has 0 saturated carbocycles. The zero-order chi connectivity index (χ0) is 12.1. The molecule has 4 heteroatoms. The van der Waals surface area contributed by atoms with Gasteiger partial charge in [0, 0.05) is 5.56 Å². The van der Waals surface area contributed by atoms with Crippen molar-refractivity contribution in [3.05, 3.63) is 29.8 Å². The number of rotatable bonds is 3. The number of ether oxygens (including phenoxy) is 1. The fraction of sp³-hybridized carbons (Fsp3) is 0.462. The summed E-state index contributed by atoms with van der Waals surface area (Å²) in [6.45, 7) is 1.06. The van der Waals surface area contributed by atoms with Crippen LogP contribution in [-0.2, 0) is 4.79 Å². The van der Waals surface area contributed by atoms with Crippen LogP contribution in [0.5, 0.6) is 5.75 Å². The molecular formula is C13H18N2O2. The topological polar surface area (TPSA) is 50.4 Å². The van der Waals surface area contributed by atoms with E-state index in [1.54, 1.807) is 7.05 Å². The van der Waals surface area contributed by atoms with Crippen molar-refractivity contribution in [3.63, 3.8) is 0 Å². The van der Waals surface area contributed by atoms with Crippen molar-refractivity contribution in [2.45, 2.75) is 18.9 Å². The molecule has 1 heterocycles. The highest BCUT2D eigenvalue weighted by atomic mass is 16.5. The predicted molar refractivity (Wildman–Crippen MR) is 66.0 cm³/mol. The molecule has 0 aliphatic carbocycles. The van der Waals surface area contributed by atoms with Crippen LogP contribution in [-0.4, -0.2) is 26.1 Å². The van der Waals surface area contributed by atoms with E-state index in [1.165, 1.54) is 0 Å². The number of hydrogen-bond donors (Lipinski definition) is 2. The van der Waals surface area contributed by atoms with Gasteiger partial charge in [-0.25, -0.2) is 0 Å². The van der Waals surface area contributed by atoms with Crippen molar-refractivity contribution >= 4 is 5.91 Å². The predicted octanol–water partition coefficient (Wildman–Crippen LogP) is 1.24. The zero-order valence-electron chi connectivity index (χ0n) is 10.0. The average Bonchev–Trinajstić information content (AvgIpc) is 2.53. The van der Waals surface area contributed by atoms with Crippen LogP contribution in [0.25, 0.3) is 0 Å². The van der Waals surface area contributed by atoms with Gasteiger partial charge in [0.25, 0.3) is 0 Å². The van der Waals surface area contributed by atoms with E-state index in [2.05, 4.69) is 10.6 Å². The molecule has 2 rings (SSSR count). The number of nitrogens with one attached hydrogen (secondary N) is 2. The van der Waals surface area contributed by atoms with E-state index in [9.17, 15) is 4.79 Å². The van der Waals surface area contributed by atoms with Crippen molar-refractivity contribution in [1.29, 1.82) is 0 Å². The van der Waals surface area contributed by atoms with E-state index in [4.69, 9.17) is 4.74 Å². The Labute approximate surface area is 101 Å². The van der Waals surface area contributed by atoms with E-state index in [1.807, 2.05) is 24.3 Å². The Morgan fingerprint density at radius 2 is 2.29 bits per heavy atom. The summed E-state index contributed by atoms with van der Waals surface area (Å²) in [5, 5.41) is 5.89. The van der Waals surface area contributed by atoms with E-state index < -0.39 is 0 Å². The fourth-order valence-corrected chi connectivity index (χ4v) is 2.08. The highest BCUT2D eigenvalue weighted by Gasteiger charge is 2.20. The SMILES string of the molecule is CNCC(=O)NC1CCCOc2ccccc21. The van der Waals surface area contributed by atoms with Crippen LogP contribution in [0.15, 0.2) is 24.3 Å². The van der Waals surface area contributed by atoms with Gasteiger partial charge in [-0.15, -0.1) is 0 Å². The molecule has 0 saturated heterocycles. The first kappa shape index (κ1) is 11.9. The van der Waals surface area contributed by atoms with Crippen molar-refractivity contribution in [2.75, 3.05) is 20.2 Å². The normalized spacial score (nSPS) is 18.8. The van der Waals surface area contributed by atoms with Crippen LogP contribution in [0, 0.1) is 0 Å². The molecule has 1 amide bonds. The second kappa shape index (κ2) is 5.68. The number of para-hydroxylation sites is 1. The summed E-state index contributed by atoms with van der Waals surface area (Å²) in [5.74, 6) is 0.911. The van der Waals surface area contributed by atoms with Crippen molar-refractivity contribution < 1.29 is 9.53 Å². The number of likely N-dealkylation sites (N-methyl/N-ethyl adjacent to an activating group) is 1. The van der Waals surface area contributed by atoms with E-state index in [-0.39, 0.29) is 11.9 Å². The van der Waals surface area contributed by atoms with E-state index in [0.717, 1.165) is 30.8 Å². The molecule has 1 aliphatic rings. The monoisotopic (exact) mass is 234 g/mol. The number of fused-ring (bicyclic) bond motifs is 1. The van der Waals surface area contributed by atoms with E-state index >= 15 is 0 Å². The molecule has 1 aromatic carbocycles. The second-order valence-electron chi connectivity index (χ2n) is 4.18. The van der Waals surface area contributed by atoms with E-state index in [0.29, 0.717) is 6.54 Å². The van der Waals surface area contributed by atoms with Crippen LogP contribution < -0.4 is 15.4 Å². The Morgan fingerprint density at radius 1 is 1.47 bits per heavy atom. The highest BCUT2D eigenvalue weighted by molar-refractivity contribution is 5.78. The van der Waals surface area contributed by atoms with Gasteiger partial charge in [0.2, 0.25) is 5.91 Å². The number of amides is 1. The molecule has 92 valence electrons. The average molecular weight is 234 g/mol. The maximum Gasteiger partial charge on any atom is 0.234 e. The smallest absolute Gasteiger partial charge is 0.234 e. The molecule has 4 nitrogen and oxygen atoms in total. The number of benzene rings is 1. The summed E-state index contributed by atoms with van der Waals surface area (Å²) in [4.78, 5) is 11.6. The summed E-state index contributed by atoms with van der Waals surface area (Å²) in [6, 6.07) is 7.97. The van der Waals surface area contributed by atoms with Crippen LogP contribution in [0.1, 0.15) is 24.4 Å². The summed E-state index contributed by atoms with van der Waals surface area (Å²) in [5.41, 5.74) is 1.08. The van der Waals surface area contributed by atoms with Gasteiger partial charge in [-0.1, -0.05) is 18.2 Å². The lowest BCUT2D eigenvalue weighted by Gasteiger charge is -2.18. The standard InChI is InChI=1S/C13H18N2O2/c1-14-9-13(16)15-11-6-4-8-17-12-7-3-2-5-10(11)12/h2-3,5,7,11,14H,4,6,8-9H2,1H3,(H,15,16). The minimum atomic E-state index is 0.0224. The largest absolute Gasteiger partial charge is 0.493 e. The molecule has 0 bridgehead atoms. The van der Waals surface area contributed by atoms with Gasteiger partial charge in [-0.05, 0) is 26.0 Å². The molecule has 0 radical (unpaired) electrons. The summed E-state index contributed by atoms with van der Waals surface area (Å²) >= 11 is 0. The fourth-order valence-electron chi connectivity index (χ4n) is 2.08. The molecular weight excluding hydrogens is 216 g/mol. The minimum absolute atomic E-state index is 0.0224. The number of hydrogen-bond acceptors (Lipinski definition) is 3.